The molecule has 1 radical (unpaired) electrons. The summed E-state index contributed by atoms with van der Waals surface area (Å²) in [4.78, 5) is 15.2. The van der Waals surface area contributed by atoms with Crippen LogP contribution in [0.25, 0.3) is 0 Å². The Morgan fingerprint density at radius 2 is 1.55 bits per heavy atom. The zero-order chi connectivity index (χ0) is 21.0. The number of benzene rings is 1. The molecule has 2 bridgehead atoms. The van der Waals surface area contributed by atoms with Gasteiger partial charge in [0.15, 0.2) is 0 Å². The number of amides is 2. The molecule has 0 saturated carbocycles. The maximum Gasteiger partial charge on any atom is 0.333 e. The summed E-state index contributed by atoms with van der Waals surface area (Å²) in [5.41, 5.74) is 5.91. The first-order valence-electron chi connectivity index (χ1n) is 11.4. The summed E-state index contributed by atoms with van der Waals surface area (Å²) >= 11 is 0. The molecule has 0 aromatic heterocycles. The number of nitrogens with zero attached hydrogens (tertiary/aromatic N) is 2. The maximum absolute atomic E-state index is 13.1. The minimum absolute atomic E-state index is 0. The van der Waals surface area contributed by atoms with Crippen LogP contribution in [0.4, 0.5) is 10.5 Å². The Bertz CT molecular complexity index is 935. The van der Waals surface area contributed by atoms with Crippen molar-refractivity contribution in [2.75, 3.05) is 18.4 Å². The van der Waals surface area contributed by atoms with Crippen molar-refractivity contribution in [3.8, 4) is 0 Å². The van der Waals surface area contributed by atoms with Gasteiger partial charge in [-0.25, -0.2) is 9.52 Å². The maximum atomic E-state index is 13.1. The van der Waals surface area contributed by atoms with Crippen molar-refractivity contribution >= 4 is 73.3 Å². The smallest absolute Gasteiger partial charge is 0.307 e. The normalized spacial score (nSPS) is 25.3. The number of hydrogen-bond donors (Lipinski definition) is 2. The van der Waals surface area contributed by atoms with Crippen molar-refractivity contribution in [3.63, 3.8) is 0 Å². The second-order valence-corrected chi connectivity index (χ2v) is 11.1. The topological polar surface area (TPSA) is 81.8 Å². The predicted octanol–water partition coefficient (Wildman–Crippen LogP) is 2.21. The van der Waals surface area contributed by atoms with Gasteiger partial charge in [0.2, 0.25) is 0 Å². The van der Waals surface area contributed by atoms with Crippen molar-refractivity contribution in [2.45, 2.75) is 83.3 Å². The Hall–Kier alpha value is -0.00364. The van der Waals surface area contributed by atoms with Crippen molar-refractivity contribution in [2.24, 2.45) is 0 Å². The summed E-state index contributed by atoms with van der Waals surface area (Å²) in [5, 5.41) is 2.95. The van der Waals surface area contributed by atoms with Gasteiger partial charge >= 0.3 is 16.2 Å². The van der Waals surface area contributed by atoms with Crippen LogP contribution in [-0.4, -0.2) is 106 Å². The van der Waals surface area contributed by atoms with Gasteiger partial charge in [0.25, 0.3) is 0 Å². The number of fused-ring (bicyclic) bond motifs is 4. The number of piperazine rings is 1. The third-order valence-electron chi connectivity index (χ3n) is 7.38. The SMILES string of the molecule is CC(C)N1CC2CCC(C1)N2S(=O)(=O)NC(=O)Nc1c2c(cc3c1CCC3)CCC2.[K]. The van der Waals surface area contributed by atoms with E-state index in [9.17, 15) is 13.2 Å². The van der Waals surface area contributed by atoms with Gasteiger partial charge in [-0.3, -0.25) is 4.90 Å². The number of rotatable bonds is 4. The number of aryl methyl sites for hydroxylation is 2. The molecule has 165 valence electrons. The molecule has 2 atom stereocenters. The van der Waals surface area contributed by atoms with Crippen LogP contribution < -0.4 is 10.0 Å². The molecule has 5 rings (SSSR count). The standard InChI is InChI=1S/C22H32N4O3S.K/c1-14(2)25-12-17-9-10-18(13-25)26(17)30(28,29)24-22(27)23-21-19-7-3-5-15(19)11-16-6-4-8-20(16)21;/h11,14,17-18H,3-10,12-13H2,1-2H3,(H2,23,24,27);. The Labute approximate surface area is 228 Å². The first-order valence-corrected chi connectivity index (χ1v) is 12.8. The minimum atomic E-state index is -3.87. The van der Waals surface area contributed by atoms with Crippen LogP contribution in [0.15, 0.2) is 6.07 Å². The minimum Gasteiger partial charge on any atom is -0.307 e. The molecule has 1 aromatic carbocycles. The van der Waals surface area contributed by atoms with E-state index in [1.807, 2.05) is 0 Å². The molecule has 9 heteroatoms. The van der Waals surface area contributed by atoms with Gasteiger partial charge in [-0.1, -0.05) is 6.07 Å². The van der Waals surface area contributed by atoms with Crippen molar-refractivity contribution < 1.29 is 13.2 Å². The van der Waals surface area contributed by atoms with Gasteiger partial charge in [0, 0.05) is 88.3 Å². The molecular formula is C22H32KN4O3S. The van der Waals surface area contributed by atoms with Crippen LogP contribution in [0.1, 0.15) is 61.8 Å². The van der Waals surface area contributed by atoms with Crippen LogP contribution in [0, 0.1) is 0 Å². The summed E-state index contributed by atoms with van der Waals surface area (Å²) in [5.74, 6) is 0. The molecule has 0 spiro atoms. The fourth-order valence-corrected chi connectivity index (χ4v) is 7.51. The average Bonchev–Trinajstić information content (AvgIpc) is 3.39. The Balaban J connectivity index is 0.00000231. The fourth-order valence-electron chi connectivity index (χ4n) is 5.99. The van der Waals surface area contributed by atoms with E-state index in [0.29, 0.717) is 6.04 Å². The van der Waals surface area contributed by atoms with Crippen LogP contribution in [0.3, 0.4) is 0 Å². The third-order valence-corrected chi connectivity index (χ3v) is 8.98. The van der Waals surface area contributed by atoms with Gasteiger partial charge in [-0.2, -0.15) is 12.7 Å². The summed E-state index contributed by atoms with van der Waals surface area (Å²) in [7, 11) is -3.87. The Kier molecular flexibility index (Phi) is 7.26. The van der Waals surface area contributed by atoms with Gasteiger partial charge in [0.05, 0.1) is 0 Å². The Morgan fingerprint density at radius 1 is 1.00 bits per heavy atom. The molecule has 2 N–H and O–H groups in total. The zero-order valence-electron chi connectivity index (χ0n) is 18.9. The number of urea groups is 1. The van der Waals surface area contributed by atoms with Crippen LogP contribution in [0.5, 0.6) is 0 Å². The molecule has 1 aromatic rings. The summed E-state index contributed by atoms with van der Waals surface area (Å²) in [6.45, 7) is 5.75. The summed E-state index contributed by atoms with van der Waals surface area (Å²) < 4.78 is 30.1. The predicted molar refractivity (Wildman–Crippen MR) is 123 cm³/mol. The first-order chi connectivity index (χ1) is 14.3. The van der Waals surface area contributed by atoms with Crippen molar-refractivity contribution in [3.05, 3.63) is 28.3 Å². The van der Waals surface area contributed by atoms with E-state index in [2.05, 4.69) is 34.9 Å². The van der Waals surface area contributed by atoms with E-state index >= 15 is 0 Å². The quantitative estimate of drug-likeness (QED) is 0.660. The van der Waals surface area contributed by atoms with E-state index in [0.717, 1.165) is 70.1 Å². The molecule has 7 nitrogen and oxygen atoms in total. The largest absolute Gasteiger partial charge is 0.333 e. The van der Waals surface area contributed by atoms with Gasteiger partial charge in [-0.15, -0.1) is 0 Å². The number of anilines is 1. The average molecular weight is 472 g/mol. The molecule has 2 aliphatic heterocycles. The number of hydrogen-bond acceptors (Lipinski definition) is 4. The third kappa shape index (κ3) is 4.54. The fraction of sp³-hybridized carbons (Fsp3) is 0.682. The van der Waals surface area contributed by atoms with Crippen LogP contribution in [-0.2, 0) is 35.9 Å². The summed E-state index contributed by atoms with van der Waals surface area (Å²) in [6.07, 6.45) is 7.89. The number of carbonyl (C=O) groups is 1. The monoisotopic (exact) mass is 471 g/mol. The van der Waals surface area contributed by atoms with Gasteiger partial charge in [-0.05, 0) is 87.5 Å². The Morgan fingerprint density at radius 3 is 2.06 bits per heavy atom. The van der Waals surface area contributed by atoms with E-state index in [-0.39, 0.29) is 63.5 Å². The summed E-state index contributed by atoms with van der Waals surface area (Å²) in [6, 6.07) is 1.96. The molecular weight excluding hydrogens is 439 g/mol. The molecule has 2 saturated heterocycles. The van der Waals surface area contributed by atoms with E-state index < -0.39 is 16.2 Å². The molecule has 2 amide bonds. The number of likely N-dealkylation sites (tertiary alicyclic amines) is 1. The second-order valence-electron chi connectivity index (χ2n) is 9.56. The molecule has 31 heavy (non-hydrogen) atoms. The van der Waals surface area contributed by atoms with Gasteiger partial charge < -0.3 is 5.32 Å². The molecule has 2 aliphatic carbocycles. The first kappa shape index (κ1) is 24.1. The molecule has 4 aliphatic rings. The van der Waals surface area contributed by atoms with Crippen molar-refractivity contribution in [1.82, 2.24) is 13.9 Å². The van der Waals surface area contributed by atoms with E-state index in [4.69, 9.17) is 0 Å². The van der Waals surface area contributed by atoms with Crippen molar-refractivity contribution in [1.29, 1.82) is 0 Å². The second kappa shape index (κ2) is 9.33. The van der Waals surface area contributed by atoms with Crippen LogP contribution in [0.2, 0.25) is 0 Å². The molecule has 2 fully saturated rings. The molecule has 2 unspecified atom stereocenters. The van der Waals surface area contributed by atoms with Crippen LogP contribution >= 0.6 is 0 Å². The van der Waals surface area contributed by atoms with E-state index in [1.165, 1.54) is 22.3 Å². The van der Waals surface area contributed by atoms with E-state index in [1.54, 1.807) is 4.31 Å². The number of carbonyl (C=O) groups excluding carboxylic acids is 1. The van der Waals surface area contributed by atoms with Gasteiger partial charge in [0.1, 0.15) is 0 Å². The number of nitrogens with one attached hydrogen (secondary N) is 2. The zero-order valence-corrected chi connectivity index (χ0v) is 22.8. The molecule has 2 heterocycles.